The molecular weight excluding hydrogens is 342 g/mol. The molecule has 130 valence electrons. The average Bonchev–Trinajstić information content (AvgIpc) is 2.97. The van der Waals surface area contributed by atoms with Crippen LogP contribution in [0.1, 0.15) is 17.5 Å². The smallest absolute Gasteiger partial charge is 0.241 e. The summed E-state index contributed by atoms with van der Waals surface area (Å²) in [6.45, 7) is 1.97. The highest BCUT2D eigenvalue weighted by Crippen LogP contribution is 2.22. The quantitative estimate of drug-likeness (QED) is 0.571. The Balaban J connectivity index is 0.00000264. The number of sulfonamides is 1. The highest BCUT2D eigenvalue weighted by atomic mass is 35.5. The first kappa shape index (κ1) is 19.9. The number of benzene rings is 1. The molecule has 1 aliphatic heterocycles. The highest BCUT2D eigenvalue weighted by molar-refractivity contribution is 7.89. The second-order valence-electron chi connectivity index (χ2n) is 5.05. The molecule has 7 nitrogen and oxygen atoms in total. The summed E-state index contributed by atoms with van der Waals surface area (Å²) in [4.78, 5) is 11.7. The van der Waals surface area contributed by atoms with Crippen LogP contribution >= 0.6 is 12.4 Å². The van der Waals surface area contributed by atoms with E-state index in [-0.39, 0.29) is 29.8 Å². The Bertz CT molecular complexity index is 637. The molecule has 1 amide bonds. The van der Waals surface area contributed by atoms with E-state index in [0.29, 0.717) is 19.8 Å². The Hall–Kier alpha value is -1.19. The van der Waals surface area contributed by atoms with Crippen LogP contribution in [-0.2, 0) is 32.8 Å². The van der Waals surface area contributed by atoms with Gasteiger partial charge in [0.05, 0.1) is 24.7 Å². The lowest BCUT2D eigenvalue weighted by atomic mass is 10.1. The van der Waals surface area contributed by atoms with Crippen molar-refractivity contribution >= 4 is 28.3 Å². The van der Waals surface area contributed by atoms with Crippen molar-refractivity contribution in [3.05, 3.63) is 29.3 Å². The molecule has 0 spiro atoms. The Morgan fingerprint density at radius 3 is 2.70 bits per heavy atom. The summed E-state index contributed by atoms with van der Waals surface area (Å²) >= 11 is 0. The molecule has 1 aliphatic rings. The molecule has 9 heteroatoms. The van der Waals surface area contributed by atoms with Gasteiger partial charge in [0.15, 0.2) is 0 Å². The van der Waals surface area contributed by atoms with Gasteiger partial charge in [-0.15, -0.1) is 12.4 Å². The zero-order valence-corrected chi connectivity index (χ0v) is 14.6. The number of hydrogen-bond donors (Lipinski definition) is 3. The van der Waals surface area contributed by atoms with Crippen LogP contribution in [-0.4, -0.2) is 41.0 Å². The minimum atomic E-state index is -3.69. The molecule has 2 rings (SSSR count). The number of halogens is 1. The Morgan fingerprint density at radius 1 is 1.22 bits per heavy atom. The summed E-state index contributed by atoms with van der Waals surface area (Å²) in [5.41, 5.74) is 1.88. The maximum absolute atomic E-state index is 12.2. The van der Waals surface area contributed by atoms with Crippen LogP contribution < -0.4 is 15.4 Å². The van der Waals surface area contributed by atoms with E-state index in [1.165, 1.54) is 6.07 Å². The molecule has 23 heavy (non-hydrogen) atoms. The summed E-state index contributed by atoms with van der Waals surface area (Å²) in [5, 5.41) is 5.62. The fourth-order valence-corrected chi connectivity index (χ4v) is 3.15. The van der Waals surface area contributed by atoms with E-state index in [2.05, 4.69) is 15.4 Å². The van der Waals surface area contributed by atoms with Gasteiger partial charge >= 0.3 is 0 Å². The minimum absolute atomic E-state index is 0. The zero-order chi connectivity index (χ0) is 16.0. The molecule has 3 N–H and O–H groups in total. The summed E-state index contributed by atoms with van der Waals surface area (Å²) in [7, 11) is -1.86. The normalized spacial score (nSPS) is 13.3. The predicted molar refractivity (Wildman–Crippen MR) is 88.9 cm³/mol. The van der Waals surface area contributed by atoms with Crippen molar-refractivity contribution in [1.82, 2.24) is 15.4 Å². The van der Waals surface area contributed by atoms with Gasteiger partial charge in [-0.1, -0.05) is 6.07 Å². The van der Waals surface area contributed by atoms with Gasteiger partial charge in [-0.05, 0) is 43.3 Å². The summed E-state index contributed by atoms with van der Waals surface area (Å²) < 4.78 is 31.9. The first-order valence-corrected chi connectivity index (χ1v) is 8.62. The predicted octanol–water partition coefficient (Wildman–Crippen LogP) is 0.143. The number of ether oxygens (including phenoxy) is 1. The molecule has 0 atom stereocenters. The van der Waals surface area contributed by atoms with E-state index in [1.54, 1.807) is 12.1 Å². The third kappa shape index (κ3) is 5.74. The molecule has 0 bridgehead atoms. The van der Waals surface area contributed by atoms with Crippen LogP contribution in [0.15, 0.2) is 23.1 Å². The maximum Gasteiger partial charge on any atom is 0.241 e. The summed E-state index contributed by atoms with van der Waals surface area (Å²) in [6, 6.07) is 4.87. The molecule has 0 radical (unpaired) electrons. The number of hydrogen-bond acceptors (Lipinski definition) is 5. The van der Waals surface area contributed by atoms with E-state index in [9.17, 15) is 13.2 Å². The molecule has 1 aromatic carbocycles. The lowest BCUT2D eigenvalue weighted by molar-refractivity contribution is -0.119. The molecule has 0 unspecified atom stereocenters. The molecule has 1 heterocycles. The van der Waals surface area contributed by atoms with Crippen molar-refractivity contribution in [2.45, 2.75) is 24.5 Å². The van der Waals surface area contributed by atoms with E-state index in [0.717, 1.165) is 24.1 Å². The Morgan fingerprint density at radius 2 is 1.96 bits per heavy atom. The van der Waals surface area contributed by atoms with Crippen molar-refractivity contribution in [3.8, 4) is 0 Å². The van der Waals surface area contributed by atoms with Crippen molar-refractivity contribution in [1.29, 1.82) is 0 Å². The topological polar surface area (TPSA) is 96.5 Å². The molecule has 0 aromatic heterocycles. The number of amides is 1. The maximum atomic E-state index is 12.2. The van der Waals surface area contributed by atoms with Crippen LogP contribution in [0.2, 0.25) is 0 Å². The van der Waals surface area contributed by atoms with Crippen molar-refractivity contribution in [2.75, 3.05) is 26.7 Å². The molecule has 0 saturated heterocycles. The fraction of sp³-hybridized carbons (Fsp3) is 0.500. The number of nitrogens with one attached hydrogen (secondary N) is 3. The largest absolute Gasteiger partial charge is 0.372 e. The van der Waals surface area contributed by atoms with Crippen molar-refractivity contribution < 1.29 is 17.9 Å². The number of carbonyl (C=O) groups excluding carboxylic acids is 1. The fourth-order valence-electron chi connectivity index (χ4n) is 2.11. The van der Waals surface area contributed by atoms with Gasteiger partial charge in [0.25, 0.3) is 0 Å². The highest BCUT2D eigenvalue weighted by Gasteiger charge is 2.19. The number of fused-ring (bicyclic) bond motifs is 1. The van der Waals surface area contributed by atoms with E-state index < -0.39 is 10.0 Å². The van der Waals surface area contributed by atoms with Gasteiger partial charge in [-0.2, -0.15) is 0 Å². The second-order valence-corrected chi connectivity index (χ2v) is 6.82. The van der Waals surface area contributed by atoms with Crippen LogP contribution in [0.3, 0.4) is 0 Å². The van der Waals surface area contributed by atoms with Crippen LogP contribution in [0.25, 0.3) is 0 Å². The number of rotatable bonds is 8. The van der Waals surface area contributed by atoms with Gasteiger partial charge in [0.1, 0.15) is 0 Å². The minimum Gasteiger partial charge on any atom is -0.372 e. The van der Waals surface area contributed by atoms with Gasteiger partial charge in [-0.25, -0.2) is 13.1 Å². The standard InChI is InChI=1S/C14H21N3O4S.ClH/c1-15-5-2-6-16-14(18)8-17-22(19,20)13-4-3-11-9-21-10-12(11)7-13;/h3-4,7,15,17H,2,5-6,8-10H2,1H3,(H,16,18);1H. The lowest BCUT2D eigenvalue weighted by Gasteiger charge is -2.09. The average molecular weight is 364 g/mol. The lowest BCUT2D eigenvalue weighted by Crippen LogP contribution is -2.37. The van der Waals surface area contributed by atoms with E-state index in [1.807, 2.05) is 7.05 Å². The SMILES string of the molecule is CNCCCNC(=O)CNS(=O)(=O)c1ccc2c(c1)COC2.Cl. The van der Waals surface area contributed by atoms with Crippen LogP contribution in [0, 0.1) is 0 Å². The first-order chi connectivity index (χ1) is 10.5. The van der Waals surface area contributed by atoms with Crippen LogP contribution in [0.4, 0.5) is 0 Å². The second kappa shape index (κ2) is 9.19. The van der Waals surface area contributed by atoms with Gasteiger partial charge < -0.3 is 15.4 Å². The molecule has 0 saturated carbocycles. The van der Waals surface area contributed by atoms with Gasteiger partial charge in [0, 0.05) is 6.54 Å². The molecule has 1 aromatic rings. The summed E-state index contributed by atoms with van der Waals surface area (Å²) in [5.74, 6) is -0.343. The molecule has 0 aliphatic carbocycles. The number of carbonyl (C=O) groups is 1. The van der Waals surface area contributed by atoms with Gasteiger partial charge in [-0.3, -0.25) is 4.79 Å². The van der Waals surface area contributed by atoms with Gasteiger partial charge in [0.2, 0.25) is 15.9 Å². The van der Waals surface area contributed by atoms with E-state index >= 15 is 0 Å². The van der Waals surface area contributed by atoms with E-state index in [4.69, 9.17) is 4.74 Å². The zero-order valence-electron chi connectivity index (χ0n) is 12.9. The Kier molecular flexibility index (Phi) is 7.93. The first-order valence-electron chi connectivity index (χ1n) is 7.13. The third-order valence-corrected chi connectivity index (χ3v) is 4.75. The van der Waals surface area contributed by atoms with Crippen LogP contribution in [0.5, 0.6) is 0 Å². The summed E-state index contributed by atoms with van der Waals surface area (Å²) in [6.07, 6.45) is 0.791. The van der Waals surface area contributed by atoms with Crippen molar-refractivity contribution in [3.63, 3.8) is 0 Å². The monoisotopic (exact) mass is 363 g/mol. The third-order valence-electron chi connectivity index (χ3n) is 3.35. The molecule has 0 fully saturated rings. The molecular formula is C14H22ClN3O4S. The van der Waals surface area contributed by atoms with Crippen molar-refractivity contribution in [2.24, 2.45) is 0 Å². The Labute approximate surface area is 142 Å².